The number of fused-ring (bicyclic) bond motifs is 3. The summed E-state index contributed by atoms with van der Waals surface area (Å²) in [6.45, 7) is 0. The lowest BCUT2D eigenvalue weighted by Crippen LogP contribution is -2.29. The molecule has 0 amide bonds. The molecule has 1 aromatic carbocycles. The van der Waals surface area contributed by atoms with Gasteiger partial charge in [-0.15, -0.1) is 0 Å². The number of hydrogen-bond donors (Lipinski definition) is 1. The van der Waals surface area contributed by atoms with Crippen LogP contribution in [-0.4, -0.2) is 4.98 Å². The predicted octanol–water partition coefficient (Wildman–Crippen LogP) is 5.21. The van der Waals surface area contributed by atoms with Crippen LogP contribution in [0.5, 0.6) is 0 Å². The number of nitrogens with one attached hydrogen (secondary N) is 1. The molecule has 1 aromatic heterocycles. The van der Waals surface area contributed by atoms with Gasteiger partial charge in [0.25, 0.3) is 0 Å². The Bertz CT molecular complexity index is 712. The summed E-state index contributed by atoms with van der Waals surface area (Å²) in [5.74, 6) is 0.782. The van der Waals surface area contributed by atoms with Crippen LogP contribution in [0.15, 0.2) is 48.7 Å². The van der Waals surface area contributed by atoms with E-state index in [9.17, 15) is 0 Å². The summed E-state index contributed by atoms with van der Waals surface area (Å²) in [5.41, 5.74) is 3.25. The van der Waals surface area contributed by atoms with Crippen LogP contribution < -0.4 is 5.32 Å². The second-order valence-electron chi connectivity index (χ2n) is 5.58. The van der Waals surface area contributed by atoms with E-state index in [0.717, 1.165) is 28.4 Å². The van der Waals surface area contributed by atoms with E-state index in [1.54, 1.807) is 0 Å². The van der Waals surface area contributed by atoms with Crippen molar-refractivity contribution in [3.05, 3.63) is 70.0 Å². The number of nitrogens with zero attached hydrogens (tertiary/aromatic N) is 1. The highest BCUT2D eigenvalue weighted by Crippen LogP contribution is 2.52. The smallest absolute Gasteiger partial charge is 0.0725 e. The second-order valence-corrected chi connectivity index (χ2v) is 6.42. The van der Waals surface area contributed by atoms with Crippen LogP contribution in [0.1, 0.15) is 29.6 Å². The largest absolute Gasteiger partial charge is 0.376 e. The monoisotopic (exact) mass is 316 g/mol. The molecular weight excluding hydrogens is 303 g/mol. The standard InChI is InChI=1S/C17H14Cl2N2/c18-10-8-13(19)16-11-4-3-5-12(11)17(21-15(16)9-10)14-6-1-2-7-20-14/h1-4,6-9,11-12,17,21H,5H2/t11-,12+,17+/m1/s1. The van der Waals surface area contributed by atoms with Crippen molar-refractivity contribution in [2.45, 2.75) is 18.4 Å². The summed E-state index contributed by atoms with van der Waals surface area (Å²) in [7, 11) is 0. The third kappa shape index (κ3) is 2.14. The zero-order valence-electron chi connectivity index (χ0n) is 11.3. The zero-order chi connectivity index (χ0) is 14.4. The van der Waals surface area contributed by atoms with E-state index < -0.39 is 0 Å². The molecule has 4 heteroatoms. The van der Waals surface area contributed by atoms with Crippen LogP contribution in [0.25, 0.3) is 0 Å². The van der Waals surface area contributed by atoms with E-state index in [-0.39, 0.29) is 6.04 Å². The fourth-order valence-corrected chi connectivity index (χ4v) is 4.12. The second kappa shape index (κ2) is 5.04. The highest BCUT2D eigenvalue weighted by atomic mass is 35.5. The first-order chi connectivity index (χ1) is 10.2. The first-order valence-electron chi connectivity index (χ1n) is 7.07. The van der Waals surface area contributed by atoms with Crippen molar-refractivity contribution in [1.29, 1.82) is 0 Å². The van der Waals surface area contributed by atoms with Gasteiger partial charge in [-0.1, -0.05) is 41.4 Å². The molecule has 2 aliphatic rings. The van der Waals surface area contributed by atoms with E-state index in [2.05, 4.69) is 28.5 Å². The van der Waals surface area contributed by atoms with E-state index in [4.69, 9.17) is 23.2 Å². The van der Waals surface area contributed by atoms with Crippen LogP contribution in [0.2, 0.25) is 10.0 Å². The fraction of sp³-hybridized carbons (Fsp3) is 0.235. The molecule has 0 radical (unpaired) electrons. The molecule has 21 heavy (non-hydrogen) atoms. The highest BCUT2D eigenvalue weighted by Gasteiger charge is 2.39. The maximum atomic E-state index is 6.43. The lowest BCUT2D eigenvalue weighted by Gasteiger charge is -2.37. The average Bonchev–Trinajstić information content (AvgIpc) is 2.95. The molecule has 2 nitrogen and oxygen atoms in total. The Labute approximate surface area is 133 Å². The first kappa shape index (κ1) is 13.2. The molecule has 4 rings (SSSR count). The summed E-state index contributed by atoms with van der Waals surface area (Å²) in [6.07, 6.45) is 7.39. The summed E-state index contributed by atoms with van der Waals surface area (Å²) in [5, 5.41) is 5.00. The van der Waals surface area contributed by atoms with Crippen LogP contribution in [0.3, 0.4) is 0 Å². The van der Waals surface area contributed by atoms with Gasteiger partial charge in [0.1, 0.15) is 0 Å². The van der Waals surface area contributed by atoms with Gasteiger partial charge in [0.15, 0.2) is 0 Å². The summed E-state index contributed by atoms with van der Waals surface area (Å²) >= 11 is 12.6. The van der Waals surface area contributed by atoms with Crippen molar-refractivity contribution >= 4 is 28.9 Å². The maximum Gasteiger partial charge on any atom is 0.0725 e. The lowest BCUT2D eigenvalue weighted by atomic mass is 9.78. The Hall–Kier alpha value is -1.51. The van der Waals surface area contributed by atoms with Crippen molar-refractivity contribution in [3.8, 4) is 0 Å². The minimum absolute atomic E-state index is 0.188. The molecule has 0 bridgehead atoms. The number of allylic oxidation sites excluding steroid dienone is 2. The Morgan fingerprint density at radius 2 is 2.10 bits per heavy atom. The Morgan fingerprint density at radius 3 is 2.90 bits per heavy atom. The van der Waals surface area contributed by atoms with E-state index in [0.29, 0.717) is 16.9 Å². The quantitative estimate of drug-likeness (QED) is 0.730. The molecule has 0 fully saturated rings. The van der Waals surface area contributed by atoms with Crippen LogP contribution in [0.4, 0.5) is 5.69 Å². The number of aromatic nitrogens is 1. The number of hydrogen-bond acceptors (Lipinski definition) is 2. The van der Waals surface area contributed by atoms with Gasteiger partial charge in [0.2, 0.25) is 0 Å². The number of benzene rings is 1. The van der Waals surface area contributed by atoms with Gasteiger partial charge in [0.05, 0.1) is 11.7 Å². The molecule has 2 aromatic rings. The highest BCUT2D eigenvalue weighted by molar-refractivity contribution is 6.35. The number of halogens is 2. The number of rotatable bonds is 1. The molecule has 0 spiro atoms. The first-order valence-corrected chi connectivity index (χ1v) is 7.82. The van der Waals surface area contributed by atoms with Gasteiger partial charge in [-0.25, -0.2) is 0 Å². The predicted molar refractivity (Wildman–Crippen MR) is 87.1 cm³/mol. The fourth-order valence-electron chi connectivity index (χ4n) is 3.50. The summed E-state index contributed by atoms with van der Waals surface area (Å²) in [4.78, 5) is 4.52. The summed E-state index contributed by atoms with van der Waals surface area (Å²) in [6, 6.07) is 10.0. The summed E-state index contributed by atoms with van der Waals surface area (Å²) < 4.78 is 0. The molecule has 1 N–H and O–H groups in total. The van der Waals surface area contributed by atoms with Crippen LogP contribution >= 0.6 is 23.2 Å². The van der Waals surface area contributed by atoms with Gasteiger partial charge >= 0.3 is 0 Å². The molecule has 1 aliphatic heterocycles. The van der Waals surface area contributed by atoms with Gasteiger partial charge in [-0.3, -0.25) is 4.98 Å². The molecule has 2 heterocycles. The number of anilines is 1. The minimum Gasteiger partial charge on any atom is -0.376 e. The van der Waals surface area contributed by atoms with Crippen LogP contribution in [-0.2, 0) is 0 Å². The maximum absolute atomic E-state index is 6.43. The lowest BCUT2D eigenvalue weighted by molar-refractivity contribution is 0.419. The van der Waals surface area contributed by atoms with Crippen molar-refractivity contribution in [3.63, 3.8) is 0 Å². The van der Waals surface area contributed by atoms with E-state index in [1.807, 2.05) is 30.5 Å². The number of pyridine rings is 1. The topological polar surface area (TPSA) is 24.9 Å². The Morgan fingerprint density at radius 1 is 1.19 bits per heavy atom. The molecule has 0 unspecified atom stereocenters. The third-order valence-electron chi connectivity index (χ3n) is 4.39. The third-order valence-corrected chi connectivity index (χ3v) is 4.92. The molecule has 106 valence electrons. The van der Waals surface area contributed by atoms with Gasteiger partial charge in [-0.05, 0) is 36.6 Å². The van der Waals surface area contributed by atoms with Crippen molar-refractivity contribution in [2.24, 2.45) is 5.92 Å². The Kier molecular flexibility index (Phi) is 3.16. The van der Waals surface area contributed by atoms with Crippen molar-refractivity contribution < 1.29 is 0 Å². The average molecular weight is 317 g/mol. The zero-order valence-corrected chi connectivity index (χ0v) is 12.8. The normalized spacial score (nSPS) is 26.1. The van der Waals surface area contributed by atoms with Gasteiger partial charge in [0, 0.05) is 33.4 Å². The van der Waals surface area contributed by atoms with Crippen molar-refractivity contribution in [2.75, 3.05) is 5.32 Å². The van der Waals surface area contributed by atoms with Crippen molar-refractivity contribution in [1.82, 2.24) is 4.98 Å². The van der Waals surface area contributed by atoms with Gasteiger partial charge < -0.3 is 5.32 Å². The minimum atomic E-state index is 0.188. The molecule has 0 saturated heterocycles. The Balaban J connectivity index is 1.84. The van der Waals surface area contributed by atoms with Crippen LogP contribution in [0, 0.1) is 5.92 Å². The molecular formula is C17H14Cl2N2. The molecule has 0 saturated carbocycles. The van der Waals surface area contributed by atoms with E-state index >= 15 is 0 Å². The molecule has 1 aliphatic carbocycles. The van der Waals surface area contributed by atoms with Gasteiger partial charge in [-0.2, -0.15) is 0 Å². The van der Waals surface area contributed by atoms with E-state index in [1.165, 1.54) is 0 Å². The SMILES string of the molecule is Clc1cc(Cl)c2c(c1)N[C@H](c1ccccn1)[C@H]1CC=C[C@@H]21. The molecule has 3 atom stereocenters.